The number of methoxy groups -OCH3 is 4. The maximum absolute atomic E-state index is 5.32. The zero-order valence-corrected chi connectivity index (χ0v) is 17.2. The Balaban J connectivity index is 0.00000364. The van der Waals surface area contributed by atoms with Crippen LogP contribution in [0.25, 0.3) is 0 Å². The Bertz CT molecular complexity index is 638. The Kier molecular flexibility index (Phi) is 10.4. The molecule has 0 aromatic heterocycles. The maximum Gasteiger partial charge on any atom is 0.161 e. The molecule has 27 heavy (non-hydrogen) atoms. The van der Waals surface area contributed by atoms with Crippen LogP contribution < -0.4 is 29.6 Å². The van der Waals surface area contributed by atoms with Crippen LogP contribution in [-0.4, -0.2) is 41.5 Å². The van der Waals surface area contributed by atoms with Crippen molar-refractivity contribution in [1.29, 1.82) is 0 Å². The van der Waals surface area contributed by atoms with E-state index in [-0.39, 0.29) is 12.4 Å². The summed E-state index contributed by atoms with van der Waals surface area (Å²) in [6, 6.07) is 11.9. The van der Waals surface area contributed by atoms with Gasteiger partial charge < -0.3 is 29.6 Å². The highest BCUT2D eigenvalue weighted by Crippen LogP contribution is 2.28. The molecule has 0 spiro atoms. The fourth-order valence-corrected chi connectivity index (χ4v) is 2.62. The molecule has 6 nitrogen and oxygen atoms in total. The lowest BCUT2D eigenvalue weighted by molar-refractivity contribution is 0.354. The van der Waals surface area contributed by atoms with Crippen molar-refractivity contribution in [3.63, 3.8) is 0 Å². The molecule has 2 aromatic rings. The van der Waals surface area contributed by atoms with Crippen LogP contribution in [0, 0.1) is 0 Å². The van der Waals surface area contributed by atoms with Crippen molar-refractivity contribution in [2.75, 3.05) is 41.5 Å². The van der Waals surface area contributed by atoms with Crippen LogP contribution in [0.3, 0.4) is 0 Å². The Morgan fingerprint density at radius 3 is 1.30 bits per heavy atom. The van der Waals surface area contributed by atoms with E-state index in [0.717, 1.165) is 60.3 Å². The molecule has 0 aliphatic heterocycles. The van der Waals surface area contributed by atoms with Crippen LogP contribution in [0.15, 0.2) is 36.4 Å². The predicted molar refractivity (Wildman–Crippen MR) is 110 cm³/mol. The summed E-state index contributed by atoms with van der Waals surface area (Å²) in [6.07, 6.45) is 0. The summed E-state index contributed by atoms with van der Waals surface area (Å²) < 4.78 is 21.1. The van der Waals surface area contributed by atoms with Crippen LogP contribution in [0.2, 0.25) is 0 Å². The lowest BCUT2D eigenvalue weighted by atomic mass is 10.2. The monoisotopic (exact) mass is 396 g/mol. The van der Waals surface area contributed by atoms with Crippen LogP contribution in [0.5, 0.6) is 23.0 Å². The lowest BCUT2D eigenvalue weighted by Gasteiger charge is -2.11. The summed E-state index contributed by atoms with van der Waals surface area (Å²) in [5, 5.41) is 6.83. The van der Waals surface area contributed by atoms with Gasteiger partial charge in [-0.1, -0.05) is 12.1 Å². The highest BCUT2D eigenvalue weighted by Gasteiger charge is 2.05. The molecule has 2 N–H and O–H groups in total. The van der Waals surface area contributed by atoms with Gasteiger partial charge in [0.2, 0.25) is 0 Å². The molecule has 0 aliphatic rings. The third-order valence-corrected chi connectivity index (χ3v) is 4.03. The summed E-state index contributed by atoms with van der Waals surface area (Å²) in [5.74, 6) is 2.98. The maximum atomic E-state index is 5.32. The normalized spacial score (nSPS) is 10.1. The van der Waals surface area contributed by atoms with E-state index in [4.69, 9.17) is 18.9 Å². The van der Waals surface area contributed by atoms with Gasteiger partial charge >= 0.3 is 0 Å². The number of nitrogens with one attached hydrogen (secondary N) is 2. The summed E-state index contributed by atoms with van der Waals surface area (Å²) in [7, 11) is 6.57. The standard InChI is InChI=1S/C20H28N2O4.ClH/c1-23-17-7-5-15(11-19(17)25-3)13-21-9-10-22-14-16-6-8-18(24-2)20(12-16)26-4;/h5-8,11-12,21-22H,9-10,13-14H2,1-4H3;1H. The minimum atomic E-state index is 0. The third-order valence-electron chi connectivity index (χ3n) is 4.03. The van der Waals surface area contributed by atoms with Crippen molar-refractivity contribution in [1.82, 2.24) is 10.6 Å². The van der Waals surface area contributed by atoms with E-state index in [2.05, 4.69) is 10.6 Å². The Morgan fingerprint density at radius 1 is 0.593 bits per heavy atom. The van der Waals surface area contributed by atoms with Crippen molar-refractivity contribution >= 4 is 12.4 Å². The van der Waals surface area contributed by atoms with Gasteiger partial charge in [0, 0.05) is 26.2 Å². The summed E-state index contributed by atoms with van der Waals surface area (Å²) in [4.78, 5) is 0. The number of halogens is 1. The molecule has 2 aromatic carbocycles. The fourth-order valence-electron chi connectivity index (χ4n) is 2.62. The van der Waals surface area contributed by atoms with Crippen LogP contribution in [-0.2, 0) is 13.1 Å². The molecule has 2 rings (SSSR count). The number of rotatable bonds is 11. The molecule has 0 amide bonds. The number of benzene rings is 2. The van der Waals surface area contributed by atoms with E-state index in [1.807, 2.05) is 36.4 Å². The van der Waals surface area contributed by atoms with Crippen molar-refractivity contribution in [2.24, 2.45) is 0 Å². The molecule has 0 saturated heterocycles. The van der Waals surface area contributed by atoms with Gasteiger partial charge in [-0.25, -0.2) is 0 Å². The molecule has 0 aliphatic carbocycles. The average Bonchev–Trinajstić information content (AvgIpc) is 2.70. The van der Waals surface area contributed by atoms with E-state index in [1.54, 1.807) is 28.4 Å². The molecule has 0 radical (unpaired) electrons. The smallest absolute Gasteiger partial charge is 0.161 e. The molecular weight excluding hydrogens is 368 g/mol. The van der Waals surface area contributed by atoms with E-state index >= 15 is 0 Å². The largest absolute Gasteiger partial charge is 0.493 e. The fraction of sp³-hybridized carbons (Fsp3) is 0.400. The molecule has 0 saturated carbocycles. The second-order valence-corrected chi connectivity index (χ2v) is 5.73. The van der Waals surface area contributed by atoms with Gasteiger partial charge in [-0.3, -0.25) is 0 Å². The van der Waals surface area contributed by atoms with Gasteiger partial charge in [-0.05, 0) is 35.4 Å². The first-order chi connectivity index (χ1) is 12.7. The minimum Gasteiger partial charge on any atom is -0.493 e. The summed E-state index contributed by atoms with van der Waals surface area (Å²) in [5.41, 5.74) is 2.31. The van der Waals surface area contributed by atoms with Gasteiger partial charge in [0.1, 0.15) is 0 Å². The van der Waals surface area contributed by atoms with Crippen LogP contribution in [0.1, 0.15) is 11.1 Å². The quantitative estimate of drug-likeness (QED) is 0.569. The van der Waals surface area contributed by atoms with Crippen molar-refractivity contribution in [3.05, 3.63) is 47.5 Å². The van der Waals surface area contributed by atoms with Crippen LogP contribution >= 0.6 is 12.4 Å². The van der Waals surface area contributed by atoms with Gasteiger partial charge in [0.25, 0.3) is 0 Å². The molecule has 150 valence electrons. The second kappa shape index (κ2) is 12.3. The number of hydrogen-bond donors (Lipinski definition) is 2. The molecule has 0 heterocycles. The minimum absolute atomic E-state index is 0. The molecule has 0 fully saturated rings. The van der Waals surface area contributed by atoms with Crippen molar-refractivity contribution < 1.29 is 18.9 Å². The third kappa shape index (κ3) is 6.82. The highest BCUT2D eigenvalue weighted by molar-refractivity contribution is 5.85. The Hall–Kier alpha value is -2.15. The number of hydrogen-bond acceptors (Lipinski definition) is 6. The van der Waals surface area contributed by atoms with Gasteiger partial charge in [0.05, 0.1) is 28.4 Å². The first-order valence-corrected chi connectivity index (χ1v) is 8.55. The summed E-state index contributed by atoms with van der Waals surface area (Å²) in [6.45, 7) is 3.28. The molecular formula is C20H29ClN2O4. The Morgan fingerprint density at radius 2 is 0.963 bits per heavy atom. The topological polar surface area (TPSA) is 61.0 Å². The first-order valence-electron chi connectivity index (χ1n) is 8.55. The molecule has 0 unspecified atom stereocenters. The second-order valence-electron chi connectivity index (χ2n) is 5.73. The molecule has 0 atom stereocenters. The Labute approximate surface area is 167 Å². The van der Waals surface area contributed by atoms with Gasteiger partial charge in [-0.2, -0.15) is 0 Å². The van der Waals surface area contributed by atoms with Crippen molar-refractivity contribution in [2.45, 2.75) is 13.1 Å². The van der Waals surface area contributed by atoms with E-state index in [1.165, 1.54) is 0 Å². The van der Waals surface area contributed by atoms with Crippen molar-refractivity contribution in [3.8, 4) is 23.0 Å². The molecule has 0 bridgehead atoms. The SMILES string of the molecule is COc1ccc(CNCCNCc2ccc(OC)c(OC)c2)cc1OC.Cl. The van der Waals surface area contributed by atoms with Gasteiger partial charge in [-0.15, -0.1) is 12.4 Å². The predicted octanol–water partition coefficient (Wildman–Crippen LogP) is 3.02. The van der Waals surface area contributed by atoms with E-state index in [9.17, 15) is 0 Å². The number of ether oxygens (including phenoxy) is 4. The summed E-state index contributed by atoms with van der Waals surface area (Å²) >= 11 is 0. The average molecular weight is 397 g/mol. The molecule has 7 heteroatoms. The van der Waals surface area contributed by atoms with Crippen LogP contribution in [0.4, 0.5) is 0 Å². The van der Waals surface area contributed by atoms with E-state index < -0.39 is 0 Å². The van der Waals surface area contributed by atoms with E-state index in [0.29, 0.717) is 0 Å². The zero-order chi connectivity index (χ0) is 18.8. The van der Waals surface area contributed by atoms with Gasteiger partial charge in [0.15, 0.2) is 23.0 Å². The lowest BCUT2D eigenvalue weighted by Crippen LogP contribution is -2.26. The highest BCUT2D eigenvalue weighted by atomic mass is 35.5. The first kappa shape index (κ1) is 22.9. The zero-order valence-electron chi connectivity index (χ0n) is 16.3.